The van der Waals surface area contributed by atoms with Crippen molar-refractivity contribution in [2.24, 2.45) is 17.8 Å². The maximum absolute atomic E-state index is 14.8. The Labute approximate surface area is 443 Å². The number of aromatic nitrogens is 3. The number of carbonyl (C=O) groups is 1. The van der Waals surface area contributed by atoms with E-state index in [1.807, 2.05) is 51.6 Å². The Morgan fingerprint density at radius 2 is 1.61 bits per heavy atom. The zero-order valence-corrected chi connectivity index (χ0v) is 46.9. The van der Waals surface area contributed by atoms with E-state index in [0.29, 0.717) is 43.0 Å². The van der Waals surface area contributed by atoms with E-state index in [2.05, 4.69) is 10.3 Å². The summed E-state index contributed by atoms with van der Waals surface area (Å²) in [6.45, 7) is 19.0. The Hall–Kier alpha value is -3.20. The van der Waals surface area contributed by atoms with Crippen LogP contribution in [0.25, 0.3) is 0 Å². The zero-order chi connectivity index (χ0) is 55.6. The monoisotopic (exact) mass is 1070 g/mol. The van der Waals surface area contributed by atoms with Crippen molar-refractivity contribution in [1.29, 1.82) is 0 Å². The molecule has 6 N–H and O–H groups in total. The molecule has 428 valence electrons. The molecule has 0 spiro atoms. The van der Waals surface area contributed by atoms with Gasteiger partial charge in [0.05, 0.1) is 71.9 Å². The van der Waals surface area contributed by atoms with Crippen LogP contribution in [0.4, 0.5) is 20.6 Å². The first-order valence-corrected chi connectivity index (χ1v) is 26.8. The van der Waals surface area contributed by atoms with Crippen molar-refractivity contribution in [2.75, 3.05) is 64.7 Å². The van der Waals surface area contributed by atoms with Gasteiger partial charge in [0.15, 0.2) is 18.9 Å². The minimum Gasteiger partial charge on any atom is -0.442 e. The molecule has 0 saturated carbocycles. The molecule has 75 heavy (non-hydrogen) atoms. The number of amides is 1. The van der Waals surface area contributed by atoms with E-state index < -0.39 is 120 Å². The van der Waals surface area contributed by atoms with E-state index in [1.54, 1.807) is 76.6 Å². The summed E-state index contributed by atoms with van der Waals surface area (Å²) in [5.74, 6) is -2.32. The van der Waals surface area contributed by atoms with Crippen LogP contribution in [0.15, 0.2) is 24.4 Å². The van der Waals surface area contributed by atoms with Gasteiger partial charge in [-0.15, -0.1) is 5.10 Å². The van der Waals surface area contributed by atoms with Gasteiger partial charge >= 0.3 is 6.09 Å². The summed E-state index contributed by atoms with van der Waals surface area (Å²) in [5.41, 5.74) is -3.01. The van der Waals surface area contributed by atoms with Gasteiger partial charge in [-0.2, -0.15) is 0 Å². The van der Waals surface area contributed by atoms with Gasteiger partial charge in [0.1, 0.15) is 35.8 Å². The number of aliphatic hydroxyl groups is 6. The lowest BCUT2D eigenvalue weighted by atomic mass is 9.77. The normalized spacial score (nSPS) is 41.1. The Morgan fingerprint density at radius 3 is 2.25 bits per heavy atom. The van der Waals surface area contributed by atoms with Crippen molar-refractivity contribution < 1.29 is 73.0 Å². The molecule has 2 aromatic rings. The van der Waals surface area contributed by atoms with E-state index in [1.165, 1.54) is 25.0 Å². The fraction of sp³-hybridized carbons (Fsp3) is 0.830. The SMILES string of the molecule is CC[C@H]1OC(O)[C@H](C)[C@@H](O[C@H]2C[C@@](C)(OC)[C@@H](O)[C@H](C)O2)[C@H](C)[C@@H](O[C@@H]2O[C@H](C)C[C@H](N(C)CCc3cn(C[C@H]4CN(c5ccc(N(C)C)c(F)c5)C(=O)O4)nn3)[C@H]2O)[C@](C)(O)C[C@@H](C)CN(C)[C@H](C)[C@@H](O)[C@]1(C)O. The lowest BCUT2D eigenvalue weighted by molar-refractivity contribution is -0.326. The van der Waals surface area contributed by atoms with Crippen molar-refractivity contribution in [3.63, 3.8) is 0 Å². The number of ether oxygens (including phenoxy) is 7. The van der Waals surface area contributed by atoms with Crippen LogP contribution in [0, 0.1) is 23.6 Å². The Morgan fingerprint density at radius 1 is 0.920 bits per heavy atom. The van der Waals surface area contributed by atoms with Gasteiger partial charge in [0.25, 0.3) is 0 Å². The minimum atomic E-state index is -1.79. The van der Waals surface area contributed by atoms with Gasteiger partial charge in [0.2, 0.25) is 0 Å². The van der Waals surface area contributed by atoms with Crippen LogP contribution in [0.1, 0.15) is 101 Å². The summed E-state index contributed by atoms with van der Waals surface area (Å²) in [6, 6.07) is 3.59. The number of carbonyl (C=O) groups excluding carboxylic acids is 1. The minimum absolute atomic E-state index is 0.112. The number of halogens is 1. The molecule has 6 rings (SSSR count). The van der Waals surface area contributed by atoms with Crippen molar-refractivity contribution in [3.05, 3.63) is 35.9 Å². The molecule has 1 unspecified atom stereocenters. The van der Waals surface area contributed by atoms with Gasteiger partial charge in [-0.25, -0.2) is 13.9 Å². The van der Waals surface area contributed by atoms with E-state index in [0.717, 1.165) is 0 Å². The average molecular weight is 1070 g/mol. The lowest BCUT2D eigenvalue weighted by Gasteiger charge is -2.49. The van der Waals surface area contributed by atoms with Crippen LogP contribution in [0.2, 0.25) is 0 Å². The summed E-state index contributed by atoms with van der Waals surface area (Å²) in [4.78, 5) is 19.8. The third kappa shape index (κ3) is 14.0. The van der Waals surface area contributed by atoms with Crippen molar-refractivity contribution in [3.8, 4) is 0 Å². The number of anilines is 2. The van der Waals surface area contributed by atoms with Gasteiger partial charge < -0.3 is 78.5 Å². The highest BCUT2D eigenvalue weighted by molar-refractivity contribution is 5.90. The molecule has 4 aliphatic rings. The van der Waals surface area contributed by atoms with Gasteiger partial charge in [-0.3, -0.25) is 4.90 Å². The standard InChI is InChI=1S/C53H90FN7O14/c1-16-41-53(10,68)45(63)33(6)59(14)25-29(2)23-51(8,67)47(31(4)44(32(5)48(65)73-41)74-42-24-52(9,69-15)46(64)34(7)71-42)75-49-43(62)40(21-30(3)70-49)58(13)20-19-35-26-60(56-55-35)27-37-28-61(50(66)72-37)36-17-18-39(57(11)12)38(54)22-36/h17-18,22,26,29-34,37,40-49,62-65,67-68H,16,19-21,23-25,27-28H2,1-15H3/t29-,30-,31+,32-,33-,34+,37+,40+,41-,42+,43-,44+,45-,46+,47-,48?,49+,51-,52-,53-/m1/s1. The Bertz CT molecular complexity index is 2160. The molecule has 1 aromatic heterocycles. The van der Waals surface area contributed by atoms with Gasteiger partial charge in [0, 0.05) is 77.3 Å². The number of hydrogen-bond donors (Lipinski definition) is 6. The predicted molar refractivity (Wildman–Crippen MR) is 276 cm³/mol. The second-order valence-corrected chi connectivity index (χ2v) is 23.2. The summed E-state index contributed by atoms with van der Waals surface area (Å²) >= 11 is 0. The fourth-order valence-corrected chi connectivity index (χ4v) is 11.9. The second-order valence-electron chi connectivity index (χ2n) is 23.2. The first-order chi connectivity index (χ1) is 35.0. The third-order valence-corrected chi connectivity index (χ3v) is 16.6. The smallest absolute Gasteiger partial charge is 0.414 e. The lowest BCUT2D eigenvalue weighted by Crippen LogP contribution is -2.61. The molecule has 21 nitrogen and oxygen atoms in total. The van der Waals surface area contributed by atoms with Crippen LogP contribution in [-0.4, -0.2) is 219 Å². The Kier molecular flexibility index (Phi) is 20.2. The van der Waals surface area contributed by atoms with Gasteiger partial charge in [-0.1, -0.05) is 32.9 Å². The number of benzene rings is 1. The molecule has 1 aromatic carbocycles. The molecular formula is C53H90FN7O14. The summed E-state index contributed by atoms with van der Waals surface area (Å²) < 4.78 is 60.6. The van der Waals surface area contributed by atoms with E-state index in [4.69, 9.17) is 33.2 Å². The number of likely N-dealkylation sites (N-methyl/N-ethyl adjacent to an activating group) is 2. The van der Waals surface area contributed by atoms with Crippen molar-refractivity contribution in [1.82, 2.24) is 24.8 Å². The van der Waals surface area contributed by atoms with E-state index >= 15 is 0 Å². The zero-order valence-electron chi connectivity index (χ0n) is 46.9. The number of hydrogen-bond acceptors (Lipinski definition) is 19. The first-order valence-electron chi connectivity index (χ1n) is 26.8. The molecular weight excluding hydrogens is 978 g/mol. The number of nitrogens with zero attached hydrogens (tertiary/aromatic N) is 7. The Balaban J connectivity index is 1.22. The summed E-state index contributed by atoms with van der Waals surface area (Å²) in [7, 11) is 8.73. The highest BCUT2D eigenvalue weighted by atomic mass is 19.1. The summed E-state index contributed by atoms with van der Waals surface area (Å²) in [6.07, 6.45) is -9.36. The number of methoxy groups -OCH3 is 1. The van der Waals surface area contributed by atoms with Crippen LogP contribution in [0.3, 0.4) is 0 Å². The molecule has 22 heteroatoms. The molecule has 4 saturated heterocycles. The predicted octanol–water partition coefficient (Wildman–Crippen LogP) is 3.13. The third-order valence-electron chi connectivity index (χ3n) is 16.6. The number of cyclic esters (lactones) is 1. The van der Waals surface area contributed by atoms with Crippen molar-refractivity contribution in [2.45, 2.75) is 211 Å². The van der Waals surface area contributed by atoms with Crippen molar-refractivity contribution >= 4 is 17.5 Å². The fourth-order valence-electron chi connectivity index (χ4n) is 11.9. The molecule has 0 bridgehead atoms. The van der Waals surface area contributed by atoms with Gasteiger partial charge in [-0.05, 0) is 99.0 Å². The molecule has 20 atom stereocenters. The first kappa shape index (κ1) is 61.0. The largest absolute Gasteiger partial charge is 0.442 e. The molecule has 4 aliphatic heterocycles. The van der Waals surface area contributed by atoms with E-state index in [9.17, 15) is 39.8 Å². The molecule has 4 fully saturated rings. The second kappa shape index (κ2) is 24.9. The van der Waals surface area contributed by atoms with Crippen LogP contribution >= 0.6 is 0 Å². The van der Waals surface area contributed by atoms with Crippen LogP contribution in [-0.2, 0) is 46.1 Å². The average Bonchev–Trinajstić information content (AvgIpc) is 3.96. The maximum atomic E-state index is 14.8. The molecule has 0 aliphatic carbocycles. The van der Waals surface area contributed by atoms with Crippen LogP contribution < -0.4 is 9.80 Å². The quantitative estimate of drug-likeness (QED) is 0.159. The highest BCUT2D eigenvalue weighted by Gasteiger charge is 2.53. The highest BCUT2D eigenvalue weighted by Crippen LogP contribution is 2.41. The maximum Gasteiger partial charge on any atom is 0.414 e. The number of aliphatic hydroxyl groups excluding tert-OH is 4. The number of rotatable bonds is 14. The summed E-state index contributed by atoms with van der Waals surface area (Å²) in [5, 5.41) is 80.6. The van der Waals surface area contributed by atoms with E-state index in [-0.39, 0.29) is 44.4 Å². The molecule has 0 radical (unpaired) electrons. The van der Waals surface area contributed by atoms with Crippen LogP contribution in [0.5, 0.6) is 0 Å². The molecule has 5 heterocycles. The topological polar surface area (TPSA) is 247 Å². The molecule has 1 amide bonds.